The quantitative estimate of drug-likeness (QED) is 0.478. The van der Waals surface area contributed by atoms with Crippen LogP contribution in [-0.4, -0.2) is 63.8 Å². The first kappa shape index (κ1) is 15.3. The van der Waals surface area contributed by atoms with Crippen molar-refractivity contribution in [2.45, 2.75) is 50.7 Å². The van der Waals surface area contributed by atoms with Crippen LogP contribution in [0.1, 0.15) is 13.8 Å². The van der Waals surface area contributed by atoms with E-state index in [0.29, 0.717) is 0 Å². The van der Waals surface area contributed by atoms with Gasteiger partial charge in [-0.05, 0) is 13.8 Å². The van der Waals surface area contributed by atoms with E-state index in [1.54, 1.807) is 13.8 Å². The van der Waals surface area contributed by atoms with Gasteiger partial charge in [-0.1, -0.05) is 0 Å². The van der Waals surface area contributed by atoms with Crippen molar-refractivity contribution in [2.24, 2.45) is 5.92 Å². The van der Waals surface area contributed by atoms with Crippen molar-refractivity contribution in [3.8, 4) is 6.07 Å². The van der Waals surface area contributed by atoms with Gasteiger partial charge in [-0.25, -0.2) is 0 Å². The Bertz CT molecular complexity index is 304. The highest BCUT2D eigenvalue weighted by Gasteiger charge is 2.44. The first-order chi connectivity index (χ1) is 8.42. The summed E-state index contributed by atoms with van der Waals surface area (Å²) in [5, 5.41) is 46.5. The molecule has 1 saturated heterocycles. The Morgan fingerprint density at radius 1 is 1.22 bits per heavy atom. The van der Waals surface area contributed by atoms with Crippen molar-refractivity contribution in [2.75, 3.05) is 6.61 Å². The topological polar surface area (TPSA) is 123 Å². The molecule has 104 valence electrons. The van der Waals surface area contributed by atoms with Crippen molar-refractivity contribution in [3.05, 3.63) is 0 Å². The van der Waals surface area contributed by atoms with Crippen LogP contribution in [-0.2, 0) is 9.47 Å². The Hall–Kier alpha value is -0.750. The van der Waals surface area contributed by atoms with Crippen LogP contribution in [0.25, 0.3) is 0 Å². The first-order valence-corrected chi connectivity index (χ1v) is 5.78. The predicted octanol–water partition coefficient (Wildman–Crippen LogP) is -1.65. The molecule has 4 N–H and O–H groups in total. The molecule has 0 spiro atoms. The summed E-state index contributed by atoms with van der Waals surface area (Å²) in [5.41, 5.74) is 0. The average molecular weight is 261 g/mol. The molecule has 1 aliphatic heterocycles. The van der Waals surface area contributed by atoms with Crippen LogP contribution in [0, 0.1) is 17.2 Å². The maximum Gasteiger partial charge on any atom is 0.187 e. The van der Waals surface area contributed by atoms with Gasteiger partial charge in [-0.3, -0.25) is 0 Å². The van der Waals surface area contributed by atoms with E-state index < -0.39 is 49.3 Å². The lowest BCUT2D eigenvalue weighted by molar-refractivity contribution is -0.311. The number of hydrogen-bond acceptors (Lipinski definition) is 7. The zero-order valence-corrected chi connectivity index (χ0v) is 10.3. The molecular weight excluding hydrogens is 242 g/mol. The van der Waals surface area contributed by atoms with Gasteiger partial charge < -0.3 is 29.9 Å². The third kappa shape index (κ3) is 3.17. The second-order valence-electron chi connectivity index (χ2n) is 4.46. The summed E-state index contributed by atoms with van der Waals surface area (Å²) in [4.78, 5) is 0. The number of rotatable bonds is 4. The van der Waals surface area contributed by atoms with E-state index in [2.05, 4.69) is 0 Å². The molecule has 0 aromatic rings. The van der Waals surface area contributed by atoms with Crippen LogP contribution in [0.5, 0.6) is 0 Å². The zero-order valence-electron chi connectivity index (χ0n) is 10.3. The highest BCUT2D eigenvalue weighted by atomic mass is 16.7. The van der Waals surface area contributed by atoms with Crippen LogP contribution in [0.2, 0.25) is 0 Å². The minimum absolute atomic E-state index is 0.419. The molecule has 18 heavy (non-hydrogen) atoms. The molecule has 0 amide bonds. The van der Waals surface area contributed by atoms with E-state index in [-0.39, 0.29) is 0 Å². The second kappa shape index (κ2) is 6.43. The van der Waals surface area contributed by atoms with Crippen molar-refractivity contribution in [1.82, 2.24) is 0 Å². The van der Waals surface area contributed by atoms with Gasteiger partial charge in [-0.2, -0.15) is 5.26 Å². The predicted molar refractivity (Wildman–Crippen MR) is 59.1 cm³/mol. The van der Waals surface area contributed by atoms with E-state index in [9.17, 15) is 15.3 Å². The zero-order chi connectivity index (χ0) is 13.9. The molecule has 2 unspecified atom stereocenters. The highest BCUT2D eigenvalue weighted by Crippen LogP contribution is 2.24. The maximum absolute atomic E-state index is 9.70. The smallest absolute Gasteiger partial charge is 0.187 e. The van der Waals surface area contributed by atoms with E-state index >= 15 is 0 Å². The standard InChI is InChI=1S/C11H19NO6/c1-5(3-12)6(2)17-11-10(16)9(15)8(14)7(4-13)18-11/h5-11,13-16H,4H2,1-2H3/t5?,6?,7-,8-,9+,10-,11-/m1/s1. The molecule has 0 bridgehead atoms. The summed E-state index contributed by atoms with van der Waals surface area (Å²) >= 11 is 0. The number of aliphatic hydroxyl groups is 4. The average Bonchev–Trinajstić information content (AvgIpc) is 2.38. The molecule has 1 fully saturated rings. The second-order valence-corrected chi connectivity index (χ2v) is 4.46. The van der Waals surface area contributed by atoms with Crippen molar-refractivity contribution < 1.29 is 29.9 Å². The summed E-state index contributed by atoms with van der Waals surface area (Å²) in [6.07, 6.45) is -7.02. The molecule has 0 radical (unpaired) electrons. The Balaban J connectivity index is 2.68. The third-order valence-corrected chi connectivity index (χ3v) is 3.10. The van der Waals surface area contributed by atoms with Gasteiger partial charge in [-0.15, -0.1) is 0 Å². The van der Waals surface area contributed by atoms with Gasteiger partial charge in [0.2, 0.25) is 0 Å². The minimum atomic E-state index is -1.47. The fraction of sp³-hybridized carbons (Fsp3) is 0.909. The van der Waals surface area contributed by atoms with Gasteiger partial charge in [0, 0.05) is 0 Å². The Morgan fingerprint density at radius 2 is 1.83 bits per heavy atom. The Morgan fingerprint density at radius 3 is 2.33 bits per heavy atom. The maximum atomic E-state index is 9.70. The van der Waals surface area contributed by atoms with Gasteiger partial charge >= 0.3 is 0 Å². The van der Waals surface area contributed by atoms with Crippen molar-refractivity contribution in [3.63, 3.8) is 0 Å². The number of hydrogen-bond donors (Lipinski definition) is 4. The first-order valence-electron chi connectivity index (χ1n) is 5.78. The van der Waals surface area contributed by atoms with Crippen LogP contribution in [0.4, 0.5) is 0 Å². The lowest BCUT2D eigenvalue weighted by Crippen LogP contribution is -2.59. The van der Waals surface area contributed by atoms with Crippen molar-refractivity contribution >= 4 is 0 Å². The van der Waals surface area contributed by atoms with E-state index in [0.717, 1.165) is 0 Å². The molecule has 1 aliphatic rings. The lowest BCUT2D eigenvalue weighted by Gasteiger charge is -2.40. The molecule has 0 aromatic carbocycles. The Kier molecular flexibility index (Phi) is 5.47. The number of ether oxygens (including phenoxy) is 2. The largest absolute Gasteiger partial charge is 0.394 e. The lowest BCUT2D eigenvalue weighted by atomic mass is 9.99. The molecule has 1 rings (SSSR count). The molecule has 0 aliphatic carbocycles. The SMILES string of the molecule is CC(C#N)C(C)O[C@@H]1O[C@H](CO)[C@@H](O)[C@H](O)[C@H]1O. The summed E-state index contributed by atoms with van der Waals surface area (Å²) in [6.45, 7) is 2.77. The van der Waals surface area contributed by atoms with Crippen LogP contribution in [0.15, 0.2) is 0 Å². The summed E-state index contributed by atoms with van der Waals surface area (Å²) in [7, 11) is 0. The Labute approximate surface area is 105 Å². The van der Waals surface area contributed by atoms with Gasteiger partial charge in [0.15, 0.2) is 6.29 Å². The molecule has 0 saturated carbocycles. The number of nitriles is 1. The fourth-order valence-corrected chi connectivity index (χ4v) is 1.61. The third-order valence-electron chi connectivity index (χ3n) is 3.10. The normalized spacial score (nSPS) is 39.9. The number of nitrogens with zero attached hydrogens (tertiary/aromatic N) is 1. The summed E-state index contributed by atoms with van der Waals surface area (Å²) < 4.78 is 10.5. The summed E-state index contributed by atoms with van der Waals surface area (Å²) in [6, 6.07) is 1.99. The van der Waals surface area contributed by atoms with Gasteiger partial charge in [0.1, 0.15) is 24.4 Å². The van der Waals surface area contributed by atoms with Crippen LogP contribution >= 0.6 is 0 Å². The fourth-order valence-electron chi connectivity index (χ4n) is 1.61. The molecule has 7 nitrogen and oxygen atoms in total. The molecular formula is C11H19NO6. The minimum Gasteiger partial charge on any atom is -0.394 e. The monoisotopic (exact) mass is 261 g/mol. The molecule has 7 heteroatoms. The van der Waals surface area contributed by atoms with Gasteiger partial charge in [0.25, 0.3) is 0 Å². The molecule has 1 heterocycles. The van der Waals surface area contributed by atoms with E-state index in [4.69, 9.17) is 19.8 Å². The van der Waals surface area contributed by atoms with Crippen LogP contribution < -0.4 is 0 Å². The highest BCUT2D eigenvalue weighted by molar-refractivity contribution is 4.90. The molecule has 7 atom stereocenters. The molecule has 0 aromatic heterocycles. The van der Waals surface area contributed by atoms with Crippen LogP contribution in [0.3, 0.4) is 0 Å². The number of aliphatic hydroxyl groups excluding tert-OH is 4. The van der Waals surface area contributed by atoms with Gasteiger partial charge in [0.05, 0.1) is 24.7 Å². The van der Waals surface area contributed by atoms with E-state index in [1.807, 2.05) is 6.07 Å². The summed E-state index contributed by atoms with van der Waals surface area (Å²) in [5.74, 6) is -0.419. The van der Waals surface area contributed by atoms with Crippen molar-refractivity contribution in [1.29, 1.82) is 5.26 Å². The van der Waals surface area contributed by atoms with E-state index in [1.165, 1.54) is 0 Å².